The van der Waals surface area contributed by atoms with Gasteiger partial charge < -0.3 is 14.9 Å². The van der Waals surface area contributed by atoms with Crippen LogP contribution in [0.15, 0.2) is 6.20 Å². The average molecular weight is 315 g/mol. The third kappa shape index (κ3) is 3.29. The van der Waals surface area contributed by atoms with Crippen molar-refractivity contribution in [3.63, 3.8) is 0 Å². The molecule has 0 amide bonds. The summed E-state index contributed by atoms with van der Waals surface area (Å²) in [5.41, 5.74) is -0.172. The maximum atomic E-state index is 12.1. The smallest absolute Gasteiger partial charge is 0.405 e. The molecule has 1 aromatic heterocycles. The molecule has 1 rings (SSSR count). The van der Waals surface area contributed by atoms with Gasteiger partial charge in [-0.3, -0.25) is 0 Å². The fraction of sp³-hybridized carbons (Fsp3) is 0.375. The van der Waals surface area contributed by atoms with Crippen LogP contribution in [0.2, 0.25) is 0 Å². The van der Waals surface area contributed by atoms with E-state index in [1.54, 1.807) is 0 Å². The highest BCUT2D eigenvalue weighted by atomic mass is 79.9. The van der Waals surface area contributed by atoms with Crippen LogP contribution in [0.5, 0.6) is 5.75 Å². The summed E-state index contributed by atoms with van der Waals surface area (Å²) in [4.78, 5) is 13.1. The van der Waals surface area contributed by atoms with E-state index in [9.17, 15) is 23.3 Å². The van der Waals surface area contributed by atoms with E-state index in [1.165, 1.54) is 0 Å². The van der Waals surface area contributed by atoms with Crippen LogP contribution in [-0.2, 0) is 5.33 Å². The van der Waals surface area contributed by atoms with Crippen LogP contribution in [0, 0.1) is 17.0 Å². The summed E-state index contributed by atoms with van der Waals surface area (Å²) in [5.74, 6) is -1.25. The van der Waals surface area contributed by atoms with Crippen molar-refractivity contribution in [2.24, 2.45) is 0 Å². The molecule has 0 aromatic carbocycles. The van der Waals surface area contributed by atoms with Crippen molar-refractivity contribution >= 4 is 21.7 Å². The molecule has 1 heterocycles. The van der Waals surface area contributed by atoms with E-state index in [0.717, 1.165) is 13.1 Å². The van der Waals surface area contributed by atoms with Gasteiger partial charge in [-0.2, -0.15) is 0 Å². The van der Waals surface area contributed by atoms with E-state index in [-0.39, 0.29) is 16.5 Å². The molecule has 0 aliphatic rings. The lowest BCUT2D eigenvalue weighted by atomic mass is 10.2. The zero-order chi connectivity index (χ0) is 13.2. The molecule has 17 heavy (non-hydrogen) atoms. The molecule has 0 radical (unpaired) electrons. The zero-order valence-corrected chi connectivity index (χ0v) is 10.0. The molecule has 0 atom stereocenters. The van der Waals surface area contributed by atoms with Gasteiger partial charge >= 0.3 is 12.2 Å². The van der Waals surface area contributed by atoms with E-state index in [4.69, 9.17) is 0 Å². The maximum absolute atomic E-state index is 12.1. The van der Waals surface area contributed by atoms with Crippen molar-refractivity contribution in [1.82, 2.24) is 4.98 Å². The second-order valence-corrected chi connectivity index (χ2v) is 3.56. The molecule has 0 N–H and O–H groups in total. The number of nitro groups is 1. The highest BCUT2D eigenvalue weighted by Crippen LogP contribution is 2.34. The van der Waals surface area contributed by atoms with Crippen molar-refractivity contribution in [3.05, 3.63) is 27.4 Å². The van der Waals surface area contributed by atoms with Gasteiger partial charge in [0.15, 0.2) is 0 Å². The van der Waals surface area contributed by atoms with Gasteiger partial charge in [0.2, 0.25) is 0 Å². The van der Waals surface area contributed by atoms with Gasteiger partial charge in [0, 0.05) is 10.9 Å². The maximum Gasteiger partial charge on any atom is 0.573 e. The molecule has 0 unspecified atom stereocenters. The summed E-state index contributed by atoms with van der Waals surface area (Å²) in [6.07, 6.45) is -3.93. The first-order chi connectivity index (χ1) is 7.76. The Kier molecular flexibility index (Phi) is 3.91. The highest BCUT2D eigenvalue weighted by molar-refractivity contribution is 9.08. The minimum absolute atomic E-state index is 0.0459. The Morgan fingerprint density at radius 1 is 1.59 bits per heavy atom. The standard InChI is InChI=1S/C8H6BrF3N2O3/c1-4-6(17-8(10,11)12)5(2-9)3-13-7(4)14(15)16/h3H,2H2,1H3. The van der Waals surface area contributed by atoms with Crippen molar-refractivity contribution in [1.29, 1.82) is 0 Å². The summed E-state index contributed by atoms with van der Waals surface area (Å²) >= 11 is 2.95. The van der Waals surface area contributed by atoms with Gasteiger partial charge in [-0.15, -0.1) is 13.2 Å². The van der Waals surface area contributed by atoms with Crippen LogP contribution < -0.4 is 4.74 Å². The van der Waals surface area contributed by atoms with Crippen LogP contribution in [0.25, 0.3) is 0 Å². The van der Waals surface area contributed by atoms with Crippen molar-refractivity contribution < 1.29 is 22.8 Å². The second-order valence-electron chi connectivity index (χ2n) is 3.00. The summed E-state index contributed by atoms with van der Waals surface area (Å²) in [7, 11) is 0. The predicted molar refractivity (Wildman–Crippen MR) is 54.9 cm³/mol. The number of hydrogen-bond donors (Lipinski definition) is 0. The Hall–Kier alpha value is -1.38. The fourth-order valence-corrected chi connectivity index (χ4v) is 1.57. The van der Waals surface area contributed by atoms with E-state index in [2.05, 4.69) is 25.7 Å². The topological polar surface area (TPSA) is 65.3 Å². The van der Waals surface area contributed by atoms with Gasteiger partial charge in [-0.25, -0.2) is 0 Å². The first-order valence-corrected chi connectivity index (χ1v) is 5.33. The quantitative estimate of drug-likeness (QED) is 0.488. The number of alkyl halides is 4. The number of ether oxygens (including phenoxy) is 1. The van der Waals surface area contributed by atoms with Gasteiger partial charge in [0.25, 0.3) is 0 Å². The van der Waals surface area contributed by atoms with Gasteiger partial charge in [0.1, 0.15) is 11.9 Å². The third-order valence-electron chi connectivity index (χ3n) is 1.85. The summed E-state index contributed by atoms with van der Waals surface area (Å²) in [6.45, 7) is 1.15. The molecule has 0 aliphatic heterocycles. The minimum Gasteiger partial charge on any atom is -0.405 e. The normalized spacial score (nSPS) is 11.4. The zero-order valence-electron chi connectivity index (χ0n) is 8.42. The van der Waals surface area contributed by atoms with Crippen LogP contribution >= 0.6 is 15.9 Å². The van der Waals surface area contributed by atoms with Gasteiger partial charge in [0.05, 0.1) is 5.56 Å². The first-order valence-electron chi connectivity index (χ1n) is 4.21. The number of halogens is 4. The Morgan fingerprint density at radius 2 is 2.18 bits per heavy atom. The van der Waals surface area contributed by atoms with Gasteiger partial charge in [-0.05, 0) is 16.8 Å². The number of pyridine rings is 1. The summed E-state index contributed by atoms with van der Waals surface area (Å²) in [6, 6.07) is 0. The average Bonchev–Trinajstić information content (AvgIpc) is 2.18. The first kappa shape index (κ1) is 13.7. The van der Waals surface area contributed by atoms with Crippen LogP contribution in [0.4, 0.5) is 19.0 Å². The van der Waals surface area contributed by atoms with Crippen LogP contribution in [0.1, 0.15) is 11.1 Å². The molecule has 94 valence electrons. The number of nitrogens with zero attached hydrogens (tertiary/aromatic N) is 2. The molecular weight excluding hydrogens is 309 g/mol. The number of hydrogen-bond acceptors (Lipinski definition) is 4. The Bertz CT molecular complexity index is 450. The van der Waals surface area contributed by atoms with Crippen molar-refractivity contribution in [3.8, 4) is 5.75 Å². The van der Waals surface area contributed by atoms with E-state index in [0.29, 0.717) is 0 Å². The molecule has 9 heteroatoms. The lowest BCUT2D eigenvalue weighted by Crippen LogP contribution is -2.19. The lowest BCUT2D eigenvalue weighted by molar-refractivity contribution is -0.390. The largest absolute Gasteiger partial charge is 0.573 e. The number of rotatable bonds is 3. The van der Waals surface area contributed by atoms with Crippen LogP contribution in [-0.4, -0.2) is 16.3 Å². The molecule has 0 spiro atoms. The Morgan fingerprint density at radius 3 is 2.59 bits per heavy atom. The minimum atomic E-state index is -4.91. The van der Waals surface area contributed by atoms with Gasteiger partial charge in [-0.1, -0.05) is 15.9 Å². The monoisotopic (exact) mass is 314 g/mol. The van der Waals surface area contributed by atoms with E-state index in [1.807, 2.05) is 0 Å². The molecule has 0 saturated heterocycles. The molecule has 0 saturated carbocycles. The molecular formula is C8H6BrF3N2O3. The molecule has 1 aromatic rings. The molecule has 0 fully saturated rings. The van der Waals surface area contributed by atoms with E-state index >= 15 is 0 Å². The Balaban J connectivity index is 3.32. The van der Waals surface area contributed by atoms with E-state index < -0.39 is 22.9 Å². The second kappa shape index (κ2) is 4.86. The SMILES string of the molecule is Cc1c([N+](=O)[O-])ncc(CBr)c1OC(F)(F)F. The van der Waals surface area contributed by atoms with Crippen molar-refractivity contribution in [2.45, 2.75) is 18.6 Å². The highest BCUT2D eigenvalue weighted by Gasteiger charge is 2.34. The van der Waals surface area contributed by atoms with Crippen LogP contribution in [0.3, 0.4) is 0 Å². The summed E-state index contributed by atoms with van der Waals surface area (Å²) < 4.78 is 40.2. The fourth-order valence-electron chi connectivity index (χ4n) is 1.17. The lowest BCUT2D eigenvalue weighted by Gasteiger charge is -2.13. The summed E-state index contributed by atoms with van der Waals surface area (Å²) in [5, 5.41) is 10.6. The third-order valence-corrected chi connectivity index (χ3v) is 2.45. The molecule has 5 nitrogen and oxygen atoms in total. The van der Waals surface area contributed by atoms with Crippen molar-refractivity contribution in [2.75, 3.05) is 0 Å². The Labute approximate surface area is 102 Å². The predicted octanol–water partition coefficient (Wildman–Crippen LogP) is 3.09. The number of aromatic nitrogens is 1. The molecule has 0 bridgehead atoms. The molecule has 0 aliphatic carbocycles.